The first-order valence-corrected chi connectivity index (χ1v) is 25.9. The summed E-state index contributed by atoms with van der Waals surface area (Å²) in [7, 11) is -7.46. The average molecular weight is 954 g/mol. The standard InChI is InChI=1S/C22H29ClN2O4S.C12H14ClNO4S.C11H19NO.CH4/c23-18-5-1-2-6-19(18)30(28,29)25-7-3-4-17(13-25)20(26)24-21-9-15-8-16(10-21)12-22(27,11-15)14-21;13-10-5-1-2-6-11(10)19(17,18)14-7-3-4-9(8-14)12(15)16;1-9-2-8-3-10(12,5-9)7-11(13,4-8)6-9;/h1-2,5-6,15-17,27H,3-4,7-14H2,(H,24,26);1-2,5-6,9H,3-4,7-8H2,(H,15,16);8,13H,2-7,12H2,1H3;1H4. The highest BCUT2D eigenvalue weighted by Gasteiger charge is 2.60. The monoisotopic (exact) mass is 952 g/mol. The number of rotatable bonds is 7. The normalized spacial score (nSPS) is 38.0. The van der Waals surface area contributed by atoms with Gasteiger partial charge >= 0.3 is 5.97 Å². The van der Waals surface area contributed by atoms with E-state index in [2.05, 4.69) is 12.2 Å². The van der Waals surface area contributed by atoms with Crippen LogP contribution in [0.5, 0.6) is 0 Å². The first kappa shape index (κ1) is 48.6. The zero-order valence-corrected chi connectivity index (χ0v) is 38.6. The lowest BCUT2D eigenvalue weighted by Gasteiger charge is -2.63. The third-order valence-electron chi connectivity index (χ3n) is 15.2. The number of amides is 1. The molecule has 6 N–H and O–H groups in total. The number of nitrogens with two attached hydrogens (primary N) is 1. The lowest BCUT2D eigenvalue weighted by Crippen LogP contribution is -2.66. The topological polar surface area (TPSA) is 208 Å². The van der Waals surface area contributed by atoms with Crippen molar-refractivity contribution in [1.82, 2.24) is 13.9 Å². The molecule has 2 aromatic rings. The first-order valence-electron chi connectivity index (χ1n) is 22.3. The fourth-order valence-corrected chi connectivity index (χ4v) is 18.0. The summed E-state index contributed by atoms with van der Waals surface area (Å²) in [5.41, 5.74) is 5.30. The van der Waals surface area contributed by atoms with Gasteiger partial charge in [0.15, 0.2) is 0 Å². The second kappa shape index (κ2) is 17.7. The van der Waals surface area contributed by atoms with Crippen LogP contribution in [0.15, 0.2) is 58.3 Å². The number of aliphatic hydroxyl groups is 2. The molecule has 0 radical (unpaired) electrons. The quantitative estimate of drug-likeness (QED) is 0.196. The average Bonchev–Trinajstić information content (AvgIpc) is 3.16. The van der Waals surface area contributed by atoms with Crippen LogP contribution in [0.3, 0.4) is 0 Å². The van der Waals surface area contributed by atoms with Crippen LogP contribution in [-0.4, -0.2) is 101 Å². The summed E-state index contributed by atoms with van der Waals surface area (Å²) < 4.78 is 53.7. The molecule has 63 heavy (non-hydrogen) atoms. The van der Waals surface area contributed by atoms with Crippen LogP contribution >= 0.6 is 23.2 Å². The number of aliphatic carboxylic acids is 1. The summed E-state index contributed by atoms with van der Waals surface area (Å²) >= 11 is 12.0. The van der Waals surface area contributed by atoms with E-state index >= 15 is 0 Å². The highest BCUT2D eigenvalue weighted by atomic mass is 35.5. The van der Waals surface area contributed by atoms with E-state index in [1.54, 1.807) is 30.3 Å². The zero-order chi connectivity index (χ0) is 44.5. The number of carboxylic acid groups (broad SMARTS) is 1. The summed E-state index contributed by atoms with van der Waals surface area (Å²) in [6, 6.07) is 12.6. The predicted octanol–water partition coefficient (Wildman–Crippen LogP) is 6.82. The van der Waals surface area contributed by atoms with Gasteiger partial charge in [0.25, 0.3) is 0 Å². The molecule has 8 unspecified atom stereocenters. The third-order valence-corrected chi connectivity index (χ3v) is 19.9. The largest absolute Gasteiger partial charge is 0.481 e. The van der Waals surface area contributed by atoms with Gasteiger partial charge in [-0.15, -0.1) is 0 Å². The fraction of sp³-hybridized carbons (Fsp3) is 0.696. The molecular formula is C46H66Cl2N4O9S2. The third kappa shape index (κ3) is 10.2. The summed E-state index contributed by atoms with van der Waals surface area (Å²) in [5.74, 6) is -0.375. The molecule has 350 valence electrons. The number of carbonyl (C=O) groups is 2. The van der Waals surface area contributed by atoms with Crippen molar-refractivity contribution in [3.05, 3.63) is 58.6 Å². The second-order valence-corrected chi connectivity index (χ2v) is 25.6. The lowest BCUT2D eigenvalue weighted by molar-refractivity contribution is -0.165. The van der Waals surface area contributed by atoms with E-state index in [1.165, 1.54) is 33.2 Å². The number of benzene rings is 2. The van der Waals surface area contributed by atoms with E-state index in [4.69, 9.17) is 34.0 Å². The fourth-order valence-electron chi connectivity index (χ4n) is 14.0. The molecule has 10 aliphatic rings. The molecule has 8 bridgehead atoms. The van der Waals surface area contributed by atoms with E-state index in [9.17, 15) is 36.6 Å². The van der Waals surface area contributed by atoms with E-state index in [1.807, 2.05) is 0 Å². The van der Waals surface area contributed by atoms with Gasteiger partial charge in [-0.25, -0.2) is 16.8 Å². The van der Waals surface area contributed by atoms with Gasteiger partial charge in [-0.3, -0.25) is 9.59 Å². The Balaban J connectivity index is 0.000000154. The van der Waals surface area contributed by atoms with Crippen LogP contribution in [0.1, 0.15) is 117 Å². The number of piperidine rings is 2. The maximum absolute atomic E-state index is 13.2. The Morgan fingerprint density at radius 2 is 1.21 bits per heavy atom. The SMILES string of the molecule is C.CC12CC3CC(N)(C1)CC(O)(C3)C2.O=C(NC12CC3CC(CC(O)(C3)C1)C2)C1CCCN(S(=O)(=O)c2ccccc2Cl)C1.O=C(O)C1CCCN(S(=O)(=O)c2ccccc2Cl)C1. The van der Waals surface area contributed by atoms with E-state index in [0.717, 1.165) is 64.2 Å². The summed E-state index contributed by atoms with van der Waals surface area (Å²) in [6.07, 6.45) is 14.2. The van der Waals surface area contributed by atoms with Crippen molar-refractivity contribution in [2.75, 3.05) is 26.2 Å². The number of sulfonamides is 2. The van der Waals surface area contributed by atoms with Crippen LogP contribution in [-0.2, 0) is 29.6 Å². The molecule has 10 fully saturated rings. The minimum Gasteiger partial charge on any atom is -0.481 e. The number of hydrogen-bond donors (Lipinski definition) is 5. The Morgan fingerprint density at radius 1 is 0.698 bits per heavy atom. The van der Waals surface area contributed by atoms with Gasteiger partial charge in [0.2, 0.25) is 26.0 Å². The minimum atomic E-state index is -3.74. The van der Waals surface area contributed by atoms with Crippen molar-refractivity contribution < 1.29 is 41.7 Å². The molecular weight excluding hydrogens is 888 g/mol. The van der Waals surface area contributed by atoms with Gasteiger partial charge in [0.1, 0.15) is 9.79 Å². The van der Waals surface area contributed by atoms with Crippen LogP contribution in [0.25, 0.3) is 0 Å². The van der Waals surface area contributed by atoms with Crippen LogP contribution in [0.2, 0.25) is 10.0 Å². The first-order chi connectivity index (χ1) is 29.0. The number of nitrogens with zero attached hydrogens (tertiary/aromatic N) is 2. The van der Waals surface area contributed by atoms with Gasteiger partial charge < -0.3 is 26.4 Å². The number of carboxylic acids is 1. The van der Waals surface area contributed by atoms with Crippen molar-refractivity contribution in [1.29, 1.82) is 0 Å². The summed E-state index contributed by atoms with van der Waals surface area (Å²) in [4.78, 5) is 24.3. The van der Waals surface area contributed by atoms with E-state index in [0.29, 0.717) is 68.4 Å². The lowest BCUT2D eigenvalue weighted by atomic mass is 9.46. The predicted molar refractivity (Wildman–Crippen MR) is 242 cm³/mol. The van der Waals surface area contributed by atoms with Crippen molar-refractivity contribution >= 4 is 55.1 Å². The smallest absolute Gasteiger partial charge is 0.307 e. The number of nitrogens with one attached hydrogen (secondary N) is 1. The highest BCUT2D eigenvalue weighted by molar-refractivity contribution is 7.89. The molecule has 1 amide bonds. The molecule has 12 rings (SSSR count). The van der Waals surface area contributed by atoms with Gasteiger partial charge in [-0.2, -0.15) is 8.61 Å². The van der Waals surface area contributed by atoms with Crippen molar-refractivity contribution in [2.24, 2.45) is 40.7 Å². The molecule has 13 nitrogen and oxygen atoms in total. The minimum absolute atomic E-state index is 0. The Morgan fingerprint density at radius 3 is 1.68 bits per heavy atom. The van der Waals surface area contributed by atoms with Crippen LogP contribution in [0, 0.1) is 35.0 Å². The zero-order valence-electron chi connectivity index (χ0n) is 35.5. The van der Waals surface area contributed by atoms with Gasteiger partial charge in [0, 0.05) is 37.3 Å². The van der Waals surface area contributed by atoms with Crippen molar-refractivity contribution in [3.8, 4) is 0 Å². The van der Waals surface area contributed by atoms with Crippen molar-refractivity contribution in [3.63, 3.8) is 0 Å². The van der Waals surface area contributed by atoms with E-state index < -0.39 is 43.1 Å². The van der Waals surface area contributed by atoms with Gasteiger partial charge in [0.05, 0.1) is 33.1 Å². The molecule has 2 aromatic carbocycles. The maximum Gasteiger partial charge on any atom is 0.307 e. The van der Waals surface area contributed by atoms with Gasteiger partial charge in [-0.05, 0) is 150 Å². The Hall–Kier alpha value is -2.34. The Kier molecular flexibility index (Phi) is 13.7. The molecule has 2 heterocycles. The number of halogens is 2. The molecule has 0 spiro atoms. The van der Waals surface area contributed by atoms with Gasteiger partial charge in [-0.1, -0.05) is 61.8 Å². The van der Waals surface area contributed by atoms with Crippen LogP contribution in [0.4, 0.5) is 0 Å². The molecule has 8 saturated carbocycles. The van der Waals surface area contributed by atoms with Crippen molar-refractivity contribution in [2.45, 2.75) is 149 Å². The Bertz CT molecular complexity index is 2220. The molecule has 17 heteroatoms. The molecule has 0 aromatic heterocycles. The highest BCUT2D eigenvalue weighted by Crippen LogP contribution is 2.62. The summed E-state index contributed by atoms with van der Waals surface area (Å²) in [6.45, 7) is 3.21. The maximum atomic E-state index is 13.2. The van der Waals surface area contributed by atoms with E-state index in [-0.39, 0.29) is 63.3 Å². The summed E-state index contributed by atoms with van der Waals surface area (Å²) in [5, 5.41) is 33.9. The second-order valence-electron chi connectivity index (χ2n) is 21.0. The Labute approximate surface area is 383 Å². The molecule has 8 aliphatic carbocycles. The number of hydrogen-bond acceptors (Lipinski definition) is 9. The van der Waals surface area contributed by atoms with Crippen LogP contribution < -0.4 is 11.1 Å². The molecule has 2 saturated heterocycles. The molecule has 2 aliphatic heterocycles. The molecule has 8 atom stereocenters. The number of carbonyl (C=O) groups excluding carboxylic acids is 1.